The molecule has 0 bridgehead atoms. The van der Waals surface area contributed by atoms with E-state index in [1.807, 2.05) is 0 Å². The van der Waals surface area contributed by atoms with Crippen LogP contribution in [-0.4, -0.2) is 25.7 Å². The Balaban J connectivity index is 1.80. The van der Waals surface area contributed by atoms with Gasteiger partial charge in [0.15, 0.2) is 5.65 Å². The van der Waals surface area contributed by atoms with Crippen LogP contribution in [0.2, 0.25) is 0 Å². The summed E-state index contributed by atoms with van der Waals surface area (Å²) < 4.78 is 15.8. The lowest BCUT2D eigenvalue weighted by molar-refractivity contribution is 0.0698. The van der Waals surface area contributed by atoms with Gasteiger partial charge in [-0.2, -0.15) is 9.61 Å². The summed E-state index contributed by atoms with van der Waals surface area (Å²) in [5.74, 6) is -1.28. The lowest BCUT2D eigenvalue weighted by atomic mass is 9.83. The van der Waals surface area contributed by atoms with Gasteiger partial charge in [0, 0.05) is 11.6 Å². The molecule has 8 heteroatoms. The number of rotatable bonds is 3. The van der Waals surface area contributed by atoms with Gasteiger partial charge >= 0.3 is 5.97 Å². The zero-order valence-electron chi connectivity index (χ0n) is 14.3. The van der Waals surface area contributed by atoms with Crippen LogP contribution in [0.25, 0.3) is 16.9 Å². The van der Waals surface area contributed by atoms with Crippen molar-refractivity contribution >= 4 is 27.5 Å². The molecule has 0 aliphatic heterocycles. The third kappa shape index (κ3) is 3.18. The second kappa shape index (κ2) is 6.92. The molecule has 1 aliphatic rings. The fourth-order valence-electron chi connectivity index (χ4n) is 3.80. The molecular weight excluding hydrogens is 417 g/mol. The molecule has 0 spiro atoms. The number of aromatic nitrogens is 3. The van der Waals surface area contributed by atoms with Gasteiger partial charge in [-0.15, -0.1) is 0 Å². The molecule has 6 nitrogen and oxygen atoms in total. The number of aromatic carboxylic acids is 1. The van der Waals surface area contributed by atoms with Crippen LogP contribution >= 0.6 is 15.9 Å². The van der Waals surface area contributed by atoms with Crippen molar-refractivity contribution in [2.45, 2.75) is 38.0 Å². The van der Waals surface area contributed by atoms with E-state index in [2.05, 4.69) is 26.0 Å². The largest absolute Gasteiger partial charge is 0.477 e. The number of fused-ring (bicyclic) bond motifs is 1. The molecule has 4 rings (SSSR count). The van der Waals surface area contributed by atoms with E-state index < -0.39 is 11.5 Å². The Kier molecular flexibility index (Phi) is 4.59. The van der Waals surface area contributed by atoms with E-state index in [4.69, 9.17) is 0 Å². The number of carbonyl (C=O) groups is 1. The van der Waals surface area contributed by atoms with Crippen LogP contribution in [0, 0.1) is 5.82 Å². The van der Waals surface area contributed by atoms with Crippen molar-refractivity contribution in [2.24, 2.45) is 0 Å². The van der Waals surface area contributed by atoms with Gasteiger partial charge in [-0.25, -0.2) is 9.18 Å². The number of hydrogen-bond donors (Lipinski definition) is 2. The summed E-state index contributed by atoms with van der Waals surface area (Å²) in [6, 6.07) is 6.22. The van der Waals surface area contributed by atoms with Gasteiger partial charge in [-0.1, -0.05) is 31.4 Å². The molecule has 2 aromatic heterocycles. The Hall–Kier alpha value is -2.48. The van der Waals surface area contributed by atoms with Crippen LogP contribution in [0.4, 0.5) is 4.39 Å². The van der Waals surface area contributed by atoms with Gasteiger partial charge in [0.05, 0.1) is 5.69 Å². The lowest BCUT2D eigenvalue weighted by Gasteiger charge is -2.22. The first-order valence-corrected chi connectivity index (χ1v) is 9.59. The highest BCUT2D eigenvalue weighted by Crippen LogP contribution is 2.35. The zero-order valence-corrected chi connectivity index (χ0v) is 15.9. The van der Waals surface area contributed by atoms with Gasteiger partial charge in [-0.05, 0) is 46.3 Å². The molecule has 27 heavy (non-hydrogen) atoms. The van der Waals surface area contributed by atoms with Crippen LogP contribution in [0.15, 0.2) is 33.7 Å². The first kappa shape index (κ1) is 17.9. The molecule has 3 aromatic rings. The highest BCUT2D eigenvalue weighted by Gasteiger charge is 2.22. The number of benzene rings is 1. The third-order valence-electron chi connectivity index (χ3n) is 5.14. The topological polar surface area (TPSA) is 87.5 Å². The van der Waals surface area contributed by atoms with Gasteiger partial charge in [0.2, 0.25) is 0 Å². The average molecular weight is 434 g/mol. The van der Waals surface area contributed by atoms with Crippen LogP contribution in [0.3, 0.4) is 0 Å². The fourth-order valence-corrected chi connectivity index (χ4v) is 4.31. The predicted octanol–water partition coefficient (Wildman–Crippen LogP) is 4.34. The Bertz CT molecular complexity index is 1100. The van der Waals surface area contributed by atoms with Gasteiger partial charge in [-0.3, -0.25) is 4.79 Å². The summed E-state index contributed by atoms with van der Waals surface area (Å²) in [7, 11) is 0. The van der Waals surface area contributed by atoms with Crippen molar-refractivity contribution in [3.8, 4) is 11.3 Å². The second-order valence-electron chi connectivity index (χ2n) is 6.82. The normalized spacial score (nSPS) is 15.3. The number of aromatic amines is 1. The van der Waals surface area contributed by atoms with Gasteiger partial charge < -0.3 is 10.1 Å². The number of nitrogens with one attached hydrogen (secondary N) is 1. The minimum Gasteiger partial charge on any atom is -0.477 e. The monoisotopic (exact) mass is 433 g/mol. The first-order valence-electron chi connectivity index (χ1n) is 8.80. The number of hydrogen-bond acceptors (Lipinski definition) is 3. The van der Waals surface area contributed by atoms with Crippen molar-refractivity contribution in [1.29, 1.82) is 0 Å². The molecule has 2 N–H and O–H groups in total. The highest BCUT2D eigenvalue weighted by atomic mass is 79.9. The Morgan fingerprint density at radius 1 is 1.26 bits per heavy atom. The molecule has 2 heterocycles. The molecule has 0 atom stereocenters. The molecule has 1 aliphatic carbocycles. The lowest BCUT2D eigenvalue weighted by Crippen LogP contribution is -2.15. The van der Waals surface area contributed by atoms with E-state index in [1.54, 1.807) is 12.1 Å². The van der Waals surface area contributed by atoms with E-state index in [1.165, 1.54) is 18.6 Å². The van der Waals surface area contributed by atoms with Crippen molar-refractivity contribution < 1.29 is 14.3 Å². The van der Waals surface area contributed by atoms with E-state index in [0.29, 0.717) is 16.8 Å². The van der Waals surface area contributed by atoms with Crippen molar-refractivity contribution in [2.75, 3.05) is 0 Å². The summed E-state index contributed by atoms with van der Waals surface area (Å²) in [5.41, 5.74) is 0.947. The molecular formula is C19H17BrFN3O3. The second-order valence-corrected chi connectivity index (χ2v) is 7.57. The smallest absolute Gasteiger partial charge is 0.342 e. The maximum atomic E-state index is 14.7. The minimum atomic E-state index is -1.22. The van der Waals surface area contributed by atoms with E-state index in [-0.39, 0.29) is 27.5 Å². The van der Waals surface area contributed by atoms with Crippen LogP contribution in [-0.2, 0) is 0 Å². The van der Waals surface area contributed by atoms with Crippen LogP contribution < -0.4 is 5.56 Å². The molecule has 0 radical (unpaired) electrons. The maximum Gasteiger partial charge on any atom is 0.342 e. The molecule has 140 valence electrons. The van der Waals surface area contributed by atoms with E-state index >= 15 is 0 Å². The standard InChI is InChI=1S/C19H17BrFN3O3/c20-17-16(19(26)27)18-22-14(9-15(25)24(18)23-17)11-6-7-12(13(21)8-11)10-4-2-1-3-5-10/h6-10,22H,1-5H2,(H,26,27). The summed E-state index contributed by atoms with van der Waals surface area (Å²) in [5, 5.41) is 13.3. The number of nitrogens with zero attached hydrogens (tertiary/aromatic N) is 2. The van der Waals surface area contributed by atoms with Crippen molar-refractivity contribution in [1.82, 2.24) is 14.6 Å². The maximum absolute atomic E-state index is 14.7. The van der Waals surface area contributed by atoms with Crippen molar-refractivity contribution in [3.05, 3.63) is 56.2 Å². The summed E-state index contributed by atoms with van der Waals surface area (Å²) >= 11 is 3.06. The van der Waals surface area contributed by atoms with Gasteiger partial charge in [0.1, 0.15) is 16.0 Å². The predicted molar refractivity (Wildman–Crippen MR) is 102 cm³/mol. The third-order valence-corrected chi connectivity index (χ3v) is 5.70. The Morgan fingerprint density at radius 3 is 2.67 bits per heavy atom. The number of H-pyrrole nitrogens is 1. The van der Waals surface area contributed by atoms with Gasteiger partial charge in [0.25, 0.3) is 5.56 Å². The Labute approximate surface area is 162 Å². The Morgan fingerprint density at radius 2 is 2.00 bits per heavy atom. The molecule has 0 saturated heterocycles. The molecule has 1 fully saturated rings. The SMILES string of the molecule is O=C(O)c1c(Br)nn2c(=O)cc(-c3ccc(C4CCCCC4)c(F)c3)[nH]c12. The zero-order chi connectivity index (χ0) is 19.1. The van der Waals surface area contributed by atoms with E-state index in [0.717, 1.165) is 30.2 Å². The first-order chi connectivity index (χ1) is 13.0. The molecule has 1 aromatic carbocycles. The molecule has 0 amide bonds. The number of halogens is 2. The number of carboxylic acids is 1. The quantitative estimate of drug-likeness (QED) is 0.642. The minimum absolute atomic E-state index is 0.0497. The summed E-state index contributed by atoms with van der Waals surface area (Å²) in [4.78, 5) is 26.7. The molecule has 1 saturated carbocycles. The summed E-state index contributed by atoms with van der Waals surface area (Å²) in [6.07, 6.45) is 5.41. The number of carboxylic acid groups (broad SMARTS) is 1. The highest BCUT2D eigenvalue weighted by molar-refractivity contribution is 9.10. The fraction of sp³-hybridized carbons (Fsp3) is 0.316. The average Bonchev–Trinajstić information content (AvgIpc) is 2.99. The van der Waals surface area contributed by atoms with E-state index in [9.17, 15) is 19.1 Å². The molecule has 0 unspecified atom stereocenters. The van der Waals surface area contributed by atoms with Crippen LogP contribution in [0.1, 0.15) is 53.9 Å². The van der Waals surface area contributed by atoms with Crippen molar-refractivity contribution in [3.63, 3.8) is 0 Å². The summed E-state index contributed by atoms with van der Waals surface area (Å²) in [6.45, 7) is 0. The van der Waals surface area contributed by atoms with Crippen LogP contribution in [0.5, 0.6) is 0 Å².